The van der Waals surface area contributed by atoms with Crippen molar-refractivity contribution in [2.75, 3.05) is 0 Å². The highest BCUT2D eigenvalue weighted by Gasteiger charge is 2.08. The third-order valence-electron chi connectivity index (χ3n) is 3.03. The molecule has 0 radical (unpaired) electrons. The Balaban J connectivity index is 2.23. The van der Waals surface area contributed by atoms with Gasteiger partial charge in [0.2, 0.25) is 0 Å². The molecule has 0 atom stereocenters. The highest BCUT2D eigenvalue weighted by atomic mass is 32.1. The van der Waals surface area contributed by atoms with Crippen LogP contribution in [0.1, 0.15) is 10.4 Å². The van der Waals surface area contributed by atoms with Crippen molar-refractivity contribution in [3.05, 3.63) is 67.0 Å². The van der Waals surface area contributed by atoms with Gasteiger partial charge in [0, 0.05) is 4.88 Å². The zero-order chi connectivity index (χ0) is 13.4. The van der Waals surface area contributed by atoms with Crippen molar-refractivity contribution >= 4 is 22.2 Å². The SMILES string of the molecule is Cc1ccc2c(=O)n(Cc3cccs3)c(=O)[nH]c2c1. The van der Waals surface area contributed by atoms with Gasteiger partial charge < -0.3 is 4.98 Å². The monoisotopic (exact) mass is 272 g/mol. The van der Waals surface area contributed by atoms with Gasteiger partial charge in [-0.15, -0.1) is 11.3 Å². The number of aromatic nitrogens is 2. The predicted molar refractivity (Wildman–Crippen MR) is 77.0 cm³/mol. The van der Waals surface area contributed by atoms with Crippen LogP contribution < -0.4 is 11.2 Å². The molecule has 2 heterocycles. The van der Waals surface area contributed by atoms with Gasteiger partial charge in [-0.05, 0) is 36.1 Å². The molecule has 0 saturated heterocycles. The normalized spacial score (nSPS) is 11.0. The number of hydrogen-bond donors (Lipinski definition) is 1. The molecule has 5 heteroatoms. The Morgan fingerprint density at radius 2 is 2.11 bits per heavy atom. The molecule has 0 spiro atoms. The Morgan fingerprint density at radius 1 is 1.26 bits per heavy atom. The largest absolute Gasteiger partial charge is 0.329 e. The summed E-state index contributed by atoms with van der Waals surface area (Å²) in [7, 11) is 0. The van der Waals surface area contributed by atoms with Crippen LogP contribution in [-0.4, -0.2) is 9.55 Å². The molecule has 0 unspecified atom stereocenters. The molecule has 0 aliphatic carbocycles. The van der Waals surface area contributed by atoms with Crippen LogP contribution in [0.25, 0.3) is 10.9 Å². The summed E-state index contributed by atoms with van der Waals surface area (Å²) in [6.45, 7) is 2.24. The molecular weight excluding hydrogens is 260 g/mol. The van der Waals surface area contributed by atoms with Crippen molar-refractivity contribution in [3.8, 4) is 0 Å². The van der Waals surface area contributed by atoms with Crippen molar-refractivity contribution in [2.45, 2.75) is 13.5 Å². The van der Waals surface area contributed by atoms with Gasteiger partial charge in [-0.25, -0.2) is 4.79 Å². The number of rotatable bonds is 2. The second-order valence-corrected chi connectivity index (χ2v) is 5.48. The Bertz CT molecular complexity index is 844. The van der Waals surface area contributed by atoms with Crippen LogP contribution >= 0.6 is 11.3 Å². The molecule has 0 saturated carbocycles. The predicted octanol–water partition coefficient (Wildman–Crippen LogP) is 2.11. The van der Waals surface area contributed by atoms with Crippen LogP contribution in [-0.2, 0) is 6.54 Å². The van der Waals surface area contributed by atoms with E-state index in [0.29, 0.717) is 17.4 Å². The molecule has 0 bridgehead atoms. The van der Waals surface area contributed by atoms with Crippen molar-refractivity contribution in [2.24, 2.45) is 0 Å². The number of hydrogen-bond acceptors (Lipinski definition) is 3. The summed E-state index contributed by atoms with van der Waals surface area (Å²) in [5.74, 6) is 0. The second-order valence-electron chi connectivity index (χ2n) is 4.45. The molecule has 96 valence electrons. The molecule has 1 aromatic carbocycles. The highest BCUT2D eigenvalue weighted by Crippen LogP contribution is 2.10. The standard InChI is InChI=1S/C14H12N2O2S/c1-9-4-5-11-12(7-9)15-14(18)16(13(11)17)8-10-3-2-6-19-10/h2-7H,8H2,1H3,(H,15,18). The number of benzene rings is 1. The van der Waals surface area contributed by atoms with E-state index in [4.69, 9.17) is 0 Å². The van der Waals surface area contributed by atoms with Gasteiger partial charge in [-0.3, -0.25) is 9.36 Å². The number of nitrogens with one attached hydrogen (secondary N) is 1. The Kier molecular flexibility index (Phi) is 2.83. The third-order valence-corrected chi connectivity index (χ3v) is 3.89. The first-order valence-corrected chi connectivity index (χ1v) is 6.79. The molecule has 0 fully saturated rings. The molecule has 0 aliphatic heterocycles. The Hall–Kier alpha value is -2.14. The number of aryl methyl sites for hydroxylation is 1. The first kappa shape index (κ1) is 11.9. The van der Waals surface area contributed by atoms with E-state index < -0.39 is 0 Å². The van der Waals surface area contributed by atoms with Gasteiger partial charge in [-0.1, -0.05) is 12.1 Å². The van der Waals surface area contributed by atoms with Gasteiger partial charge in [0.25, 0.3) is 5.56 Å². The summed E-state index contributed by atoms with van der Waals surface area (Å²) in [4.78, 5) is 28.1. The molecule has 3 aromatic rings. The summed E-state index contributed by atoms with van der Waals surface area (Å²) in [5, 5.41) is 2.47. The maximum absolute atomic E-state index is 12.3. The molecule has 3 rings (SSSR count). The van der Waals surface area contributed by atoms with E-state index in [0.717, 1.165) is 10.4 Å². The summed E-state index contributed by atoms with van der Waals surface area (Å²) in [6, 6.07) is 9.26. The quantitative estimate of drug-likeness (QED) is 0.776. The minimum atomic E-state index is -0.364. The summed E-state index contributed by atoms with van der Waals surface area (Å²) >= 11 is 1.53. The maximum atomic E-state index is 12.3. The van der Waals surface area contributed by atoms with E-state index in [2.05, 4.69) is 4.98 Å². The fourth-order valence-electron chi connectivity index (χ4n) is 2.07. The van der Waals surface area contributed by atoms with Gasteiger partial charge >= 0.3 is 5.69 Å². The first-order valence-electron chi connectivity index (χ1n) is 5.91. The molecule has 0 amide bonds. The zero-order valence-corrected chi connectivity index (χ0v) is 11.2. The highest BCUT2D eigenvalue weighted by molar-refractivity contribution is 7.09. The van der Waals surface area contributed by atoms with Crippen LogP contribution in [0, 0.1) is 6.92 Å². The fourth-order valence-corrected chi connectivity index (χ4v) is 2.76. The number of nitrogens with zero attached hydrogens (tertiary/aromatic N) is 1. The van der Waals surface area contributed by atoms with Gasteiger partial charge in [-0.2, -0.15) is 0 Å². The van der Waals surface area contributed by atoms with Crippen molar-refractivity contribution in [1.29, 1.82) is 0 Å². The Labute approximate surface area is 113 Å². The van der Waals surface area contributed by atoms with E-state index >= 15 is 0 Å². The van der Waals surface area contributed by atoms with Crippen molar-refractivity contribution < 1.29 is 0 Å². The zero-order valence-electron chi connectivity index (χ0n) is 10.3. The van der Waals surface area contributed by atoms with Crippen LogP contribution in [0.2, 0.25) is 0 Å². The molecule has 2 aromatic heterocycles. The first-order chi connectivity index (χ1) is 9.15. The van der Waals surface area contributed by atoms with E-state index in [9.17, 15) is 9.59 Å². The molecule has 19 heavy (non-hydrogen) atoms. The van der Waals surface area contributed by atoms with Crippen LogP contribution in [0.15, 0.2) is 45.3 Å². The lowest BCUT2D eigenvalue weighted by Crippen LogP contribution is -2.35. The summed E-state index contributed by atoms with van der Waals surface area (Å²) in [5.41, 5.74) is 1.000. The van der Waals surface area contributed by atoms with Crippen molar-refractivity contribution in [1.82, 2.24) is 9.55 Å². The van der Waals surface area contributed by atoms with E-state index in [-0.39, 0.29) is 11.2 Å². The van der Waals surface area contributed by atoms with E-state index in [1.165, 1.54) is 15.9 Å². The van der Waals surface area contributed by atoms with Gasteiger partial charge in [0.15, 0.2) is 0 Å². The minimum Gasteiger partial charge on any atom is -0.307 e. The third kappa shape index (κ3) is 2.13. The summed E-state index contributed by atoms with van der Waals surface area (Å²) in [6.07, 6.45) is 0. The lowest BCUT2D eigenvalue weighted by atomic mass is 10.2. The number of aromatic amines is 1. The van der Waals surface area contributed by atoms with Crippen LogP contribution in [0.5, 0.6) is 0 Å². The average Bonchev–Trinajstić information content (AvgIpc) is 2.87. The lowest BCUT2D eigenvalue weighted by molar-refractivity contribution is 0.720. The average molecular weight is 272 g/mol. The van der Waals surface area contributed by atoms with E-state index in [1.54, 1.807) is 6.07 Å². The maximum Gasteiger partial charge on any atom is 0.329 e. The smallest absolute Gasteiger partial charge is 0.307 e. The van der Waals surface area contributed by atoms with Gasteiger partial charge in [0.05, 0.1) is 17.4 Å². The fraction of sp³-hybridized carbons (Fsp3) is 0.143. The molecule has 1 N–H and O–H groups in total. The lowest BCUT2D eigenvalue weighted by Gasteiger charge is -2.05. The molecule has 4 nitrogen and oxygen atoms in total. The van der Waals surface area contributed by atoms with Crippen LogP contribution in [0.3, 0.4) is 0 Å². The van der Waals surface area contributed by atoms with Crippen molar-refractivity contribution in [3.63, 3.8) is 0 Å². The van der Waals surface area contributed by atoms with Gasteiger partial charge in [0.1, 0.15) is 0 Å². The van der Waals surface area contributed by atoms with E-state index in [1.807, 2.05) is 36.6 Å². The minimum absolute atomic E-state index is 0.243. The number of fused-ring (bicyclic) bond motifs is 1. The number of thiophene rings is 1. The second kappa shape index (κ2) is 4.51. The van der Waals surface area contributed by atoms with Crippen LogP contribution in [0.4, 0.5) is 0 Å². The number of H-pyrrole nitrogens is 1. The summed E-state index contributed by atoms with van der Waals surface area (Å²) < 4.78 is 1.24. The topological polar surface area (TPSA) is 54.9 Å². The Morgan fingerprint density at radius 3 is 2.84 bits per heavy atom. The molecule has 0 aliphatic rings. The molecular formula is C14H12N2O2S.